The Bertz CT molecular complexity index is 1070. The Balaban J connectivity index is 1.52. The Morgan fingerprint density at radius 1 is 1.19 bits per heavy atom. The molecule has 8 heteroatoms. The van der Waals surface area contributed by atoms with Crippen LogP contribution >= 0.6 is 0 Å². The second kappa shape index (κ2) is 8.85. The summed E-state index contributed by atoms with van der Waals surface area (Å²) in [6, 6.07) is 9.47. The number of esters is 1. The van der Waals surface area contributed by atoms with Gasteiger partial charge in [0.15, 0.2) is 0 Å². The van der Waals surface area contributed by atoms with E-state index in [1.54, 1.807) is 10.7 Å². The van der Waals surface area contributed by atoms with Crippen LogP contribution in [0.1, 0.15) is 40.0 Å². The van der Waals surface area contributed by atoms with E-state index < -0.39 is 0 Å². The van der Waals surface area contributed by atoms with Gasteiger partial charge in [-0.05, 0) is 50.6 Å². The van der Waals surface area contributed by atoms with Crippen molar-refractivity contribution in [2.45, 2.75) is 32.3 Å². The Hall–Kier alpha value is -3.26. The Kier molecular flexibility index (Phi) is 5.99. The lowest BCUT2D eigenvalue weighted by atomic mass is 10.0. The number of carbonyl (C=O) groups excluding carboxylic acids is 1. The average Bonchev–Trinajstić information content (AvgIpc) is 3.09. The molecule has 3 heterocycles. The molecular weight excluding hydrogens is 392 g/mol. The predicted molar refractivity (Wildman–Crippen MR) is 119 cm³/mol. The highest BCUT2D eigenvalue weighted by Gasteiger charge is 2.21. The van der Waals surface area contributed by atoms with Crippen molar-refractivity contribution in [3.63, 3.8) is 0 Å². The van der Waals surface area contributed by atoms with Gasteiger partial charge in [-0.3, -0.25) is 4.68 Å². The van der Waals surface area contributed by atoms with Crippen molar-refractivity contribution in [2.24, 2.45) is 7.05 Å². The smallest absolute Gasteiger partial charge is 0.338 e. The summed E-state index contributed by atoms with van der Waals surface area (Å²) in [5.41, 5.74) is 10.7. The van der Waals surface area contributed by atoms with Crippen LogP contribution in [0.4, 0.5) is 5.95 Å². The first-order valence-corrected chi connectivity index (χ1v) is 10.5. The van der Waals surface area contributed by atoms with Gasteiger partial charge in [-0.1, -0.05) is 12.1 Å². The van der Waals surface area contributed by atoms with Crippen LogP contribution in [0.15, 0.2) is 36.5 Å². The first-order valence-electron chi connectivity index (χ1n) is 10.5. The number of piperidine rings is 1. The summed E-state index contributed by atoms with van der Waals surface area (Å²) in [5, 5.41) is 4.58. The van der Waals surface area contributed by atoms with Crippen LogP contribution in [0.2, 0.25) is 0 Å². The van der Waals surface area contributed by atoms with E-state index in [2.05, 4.69) is 27.0 Å². The molecule has 4 rings (SSSR count). The lowest BCUT2D eigenvalue weighted by Gasteiger charge is -2.28. The maximum atomic E-state index is 12.7. The molecule has 1 saturated heterocycles. The summed E-state index contributed by atoms with van der Waals surface area (Å²) < 4.78 is 7.50. The van der Waals surface area contributed by atoms with Gasteiger partial charge in [0.2, 0.25) is 5.95 Å². The highest BCUT2D eigenvalue weighted by atomic mass is 16.5. The number of benzene rings is 1. The van der Waals surface area contributed by atoms with Gasteiger partial charge in [0.05, 0.1) is 11.3 Å². The van der Waals surface area contributed by atoms with Crippen molar-refractivity contribution in [1.82, 2.24) is 24.6 Å². The van der Waals surface area contributed by atoms with E-state index >= 15 is 0 Å². The number of rotatable bonds is 5. The van der Waals surface area contributed by atoms with Crippen LogP contribution in [-0.4, -0.2) is 56.9 Å². The topological polar surface area (TPSA) is 99.2 Å². The summed E-state index contributed by atoms with van der Waals surface area (Å²) in [5.74, 6) is -0.0349. The van der Waals surface area contributed by atoms with Gasteiger partial charge in [-0.2, -0.15) is 5.10 Å². The molecule has 1 aromatic carbocycles. The maximum absolute atomic E-state index is 12.7. The summed E-state index contributed by atoms with van der Waals surface area (Å²) in [6.45, 7) is 3.78. The largest absolute Gasteiger partial charge is 0.459 e. The first-order chi connectivity index (χ1) is 14.9. The number of hydrogen-bond acceptors (Lipinski definition) is 7. The van der Waals surface area contributed by atoms with Crippen LogP contribution < -0.4 is 5.73 Å². The molecule has 3 aromatic rings. The van der Waals surface area contributed by atoms with Crippen molar-refractivity contribution in [3.8, 4) is 11.4 Å². The lowest BCUT2D eigenvalue weighted by Crippen LogP contribution is -2.35. The zero-order valence-electron chi connectivity index (χ0n) is 18.2. The molecule has 0 bridgehead atoms. The summed E-state index contributed by atoms with van der Waals surface area (Å²) in [6.07, 6.45) is 4.32. The molecule has 0 radical (unpaired) electrons. The number of likely N-dealkylation sites (tertiary alicyclic amines) is 1. The van der Waals surface area contributed by atoms with Crippen molar-refractivity contribution < 1.29 is 9.53 Å². The number of anilines is 1. The molecule has 1 aliphatic rings. The van der Waals surface area contributed by atoms with E-state index in [0.29, 0.717) is 17.7 Å². The minimum atomic E-state index is -0.262. The van der Waals surface area contributed by atoms with Crippen molar-refractivity contribution in [1.29, 1.82) is 0 Å². The zero-order valence-corrected chi connectivity index (χ0v) is 18.2. The van der Waals surface area contributed by atoms with E-state index in [9.17, 15) is 4.79 Å². The van der Waals surface area contributed by atoms with Crippen LogP contribution in [0.5, 0.6) is 0 Å². The predicted octanol–water partition coefficient (Wildman–Crippen LogP) is 2.61. The first kappa shape index (κ1) is 21.0. The van der Waals surface area contributed by atoms with Gasteiger partial charge < -0.3 is 15.4 Å². The Morgan fingerprint density at radius 2 is 1.97 bits per heavy atom. The lowest BCUT2D eigenvalue weighted by molar-refractivity contribution is 0.0139. The highest BCUT2D eigenvalue weighted by molar-refractivity contribution is 5.89. The number of nitrogen functional groups attached to an aromatic ring is 1. The molecule has 0 saturated carbocycles. The normalized spacial score (nSPS) is 15.2. The molecule has 0 amide bonds. The zero-order chi connectivity index (χ0) is 22.0. The fourth-order valence-electron chi connectivity index (χ4n) is 3.95. The van der Waals surface area contributed by atoms with Gasteiger partial charge in [0.25, 0.3) is 0 Å². The molecule has 0 unspecified atom stereocenters. The summed E-state index contributed by atoms with van der Waals surface area (Å²) in [7, 11) is 3.96. The fraction of sp³-hybridized carbons (Fsp3) is 0.391. The molecule has 0 spiro atoms. The molecule has 2 N–H and O–H groups in total. The van der Waals surface area contributed by atoms with Crippen molar-refractivity contribution >= 4 is 11.9 Å². The molecule has 2 aromatic heterocycles. The quantitative estimate of drug-likeness (QED) is 0.634. The van der Waals surface area contributed by atoms with Gasteiger partial charge in [0.1, 0.15) is 11.8 Å². The monoisotopic (exact) mass is 420 g/mol. The van der Waals surface area contributed by atoms with Crippen LogP contribution in [-0.2, 0) is 18.2 Å². The van der Waals surface area contributed by atoms with Crippen LogP contribution in [0.3, 0.4) is 0 Å². The third-order valence-corrected chi connectivity index (χ3v) is 5.52. The Morgan fingerprint density at radius 3 is 2.71 bits per heavy atom. The number of nitrogens with zero attached hydrogens (tertiary/aromatic N) is 5. The number of carbonyl (C=O) groups is 1. The number of nitrogens with two attached hydrogens (primary N) is 1. The minimum absolute atomic E-state index is 0.0104. The van der Waals surface area contributed by atoms with E-state index in [-0.39, 0.29) is 18.0 Å². The molecule has 8 nitrogen and oxygen atoms in total. The fourth-order valence-corrected chi connectivity index (χ4v) is 3.95. The van der Waals surface area contributed by atoms with Gasteiger partial charge >= 0.3 is 5.97 Å². The van der Waals surface area contributed by atoms with Crippen molar-refractivity contribution in [3.05, 3.63) is 58.9 Å². The Labute approximate surface area is 182 Å². The SMILES string of the molecule is Cc1cc(-c2nn(C)cc2Cc2cccc(C(=O)OC3CCN(C)CC3)c2)nc(N)n1. The average molecular weight is 421 g/mol. The molecule has 1 aliphatic heterocycles. The highest BCUT2D eigenvalue weighted by Crippen LogP contribution is 2.24. The van der Waals surface area contributed by atoms with Gasteiger partial charge in [-0.15, -0.1) is 0 Å². The number of hydrogen-bond donors (Lipinski definition) is 1. The van der Waals surface area contributed by atoms with Gasteiger partial charge in [0, 0.05) is 44.0 Å². The maximum Gasteiger partial charge on any atom is 0.338 e. The van der Waals surface area contributed by atoms with Crippen LogP contribution in [0, 0.1) is 6.92 Å². The molecule has 162 valence electrons. The van der Waals surface area contributed by atoms with Crippen LogP contribution in [0.25, 0.3) is 11.4 Å². The number of aryl methyl sites for hydroxylation is 2. The second-order valence-corrected chi connectivity index (χ2v) is 8.21. The van der Waals surface area contributed by atoms with E-state index in [4.69, 9.17) is 10.5 Å². The second-order valence-electron chi connectivity index (χ2n) is 8.21. The third-order valence-electron chi connectivity index (χ3n) is 5.52. The molecule has 1 fully saturated rings. The summed E-state index contributed by atoms with van der Waals surface area (Å²) >= 11 is 0. The summed E-state index contributed by atoms with van der Waals surface area (Å²) in [4.78, 5) is 23.4. The van der Waals surface area contributed by atoms with Gasteiger partial charge in [-0.25, -0.2) is 14.8 Å². The van der Waals surface area contributed by atoms with E-state index in [0.717, 1.165) is 48.4 Å². The standard InChI is InChI=1S/C23H28N6O2/c1-15-11-20(26-23(24)25-15)21-18(14-29(3)27-21)13-16-5-4-6-17(12-16)22(30)31-19-7-9-28(2)10-8-19/h4-6,11-12,14,19H,7-10,13H2,1-3H3,(H2,24,25,26). The molecular formula is C23H28N6O2. The number of ether oxygens (including phenoxy) is 1. The molecule has 0 atom stereocenters. The minimum Gasteiger partial charge on any atom is -0.459 e. The number of aromatic nitrogens is 4. The molecule has 31 heavy (non-hydrogen) atoms. The van der Waals surface area contributed by atoms with E-state index in [1.165, 1.54) is 0 Å². The van der Waals surface area contributed by atoms with Crippen molar-refractivity contribution in [2.75, 3.05) is 25.9 Å². The third kappa shape index (κ3) is 5.08. The van der Waals surface area contributed by atoms with E-state index in [1.807, 2.05) is 44.4 Å². The molecule has 0 aliphatic carbocycles.